The van der Waals surface area contributed by atoms with Gasteiger partial charge in [0.2, 0.25) is 6.23 Å². The third kappa shape index (κ3) is 3.27. The highest BCUT2D eigenvalue weighted by molar-refractivity contribution is 6.49. The smallest absolute Gasteiger partial charge is 0.289 e. The number of nitrogens with one attached hydrogen (secondary N) is 1. The van der Waals surface area contributed by atoms with Crippen LogP contribution in [0.4, 0.5) is 0 Å². The van der Waals surface area contributed by atoms with E-state index in [0.29, 0.717) is 0 Å². The van der Waals surface area contributed by atoms with Crippen molar-refractivity contribution in [3.63, 3.8) is 0 Å². The van der Waals surface area contributed by atoms with Crippen LogP contribution >= 0.6 is 23.2 Å². The number of aryl methyl sites for hydroxylation is 1. The summed E-state index contributed by atoms with van der Waals surface area (Å²) in [7, 11) is 0. The lowest BCUT2D eigenvalue weighted by Crippen LogP contribution is -2.41. The SMILES string of the molecule is C#CCC(Cl)(Cl)C1NC(=O)/C(=C/c2ccc(C)cc2)O1. The Morgan fingerprint density at radius 3 is 2.70 bits per heavy atom. The van der Waals surface area contributed by atoms with Gasteiger partial charge < -0.3 is 10.1 Å². The van der Waals surface area contributed by atoms with E-state index in [9.17, 15) is 4.79 Å². The molecule has 1 saturated heterocycles. The van der Waals surface area contributed by atoms with Gasteiger partial charge in [-0.1, -0.05) is 53.0 Å². The third-order valence-electron chi connectivity index (χ3n) is 2.83. The number of amides is 1. The number of rotatable bonds is 3. The van der Waals surface area contributed by atoms with Crippen LogP contribution in [0.15, 0.2) is 30.0 Å². The standard InChI is InChI=1S/C15H13Cl2NO2/c1-3-8-15(16,17)14-18-13(19)12(20-14)9-11-6-4-10(2)5-7-11/h1,4-7,9,14H,8H2,2H3,(H,18,19)/b12-9-. The van der Waals surface area contributed by atoms with Gasteiger partial charge in [-0.2, -0.15) is 0 Å². The van der Waals surface area contributed by atoms with Crippen LogP contribution in [-0.4, -0.2) is 16.5 Å². The predicted molar refractivity (Wildman–Crippen MR) is 80.1 cm³/mol. The van der Waals surface area contributed by atoms with E-state index in [1.807, 2.05) is 31.2 Å². The minimum Gasteiger partial charge on any atom is -0.462 e. The second kappa shape index (κ2) is 5.78. The molecule has 0 radical (unpaired) electrons. The Kier molecular flexibility index (Phi) is 4.27. The molecule has 1 aromatic carbocycles. The number of ether oxygens (including phenoxy) is 1. The van der Waals surface area contributed by atoms with Crippen LogP contribution in [-0.2, 0) is 9.53 Å². The van der Waals surface area contributed by atoms with Crippen molar-refractivity contribution in [1.82, 2.24) is 5.32 Å². The molecular formula is C15H13Cl2NO2. The first-order valence-corrected chi connectivity index (χ1v) is 6.75. The lowest BCUT2D eigenvalue weighted by molar-refractivity contribution is -0.116. The number of alkyl halides is 2. The molecular weight excluding hydrogens is 297 g/mol. The van der Waals surface area contributed by atoms with Gasteiger partial charge in [-0.15, -0.1) is 12.3 Å². The molecule has 2 rings (SSSR count). The molecule has 0 spiro atoms. The van der Waals surface area contributed by atoms with Crippen molar-refractivity contribution >= 4 is 35.2 Å². The predicted octanol–water partition coefficient (Wildman–Crippen LogP) is 3.01. The van der Waals surface area contributed by atoms with Crippen LogP contribution < -0.4 is 5.32 Å². The van der Waals surface area contributed by atoms with E-state index >= 15 is 0 Å². The van der Waals surface area contributed by atoms with Crippen LogP contribution in [0.25, 0.3) is 6.08 Å². The molecule has 1 amide bonds. The maximum Gasteiger partial charge on any atom is 0.289 e. The quantitative estimate of drug-likeness (QED) is 0.529. The summed E-state index contributed by atoms with van der Waals surface area (Å²) in [6, 6.07) is 7.68. The zero-order chi connectivity index (χ0) is 14.8. The summed E-state index contributed by atoms with van der Waals surface area (Å²) in [5.74, 6) is 2.16. The van der Waals surface area contributed by atoms with Gasteiger partial charge in [0.1, 0.15) is 0 Å². The average molecular weight is 310 g/mol. The van der Waals surface area contributed by atoms with E-state index in [4.69, 9.17) is 34.4 Å². The van der Waals surface area contributed by atoms with E-state index in [0.717, 1.165) is 11.1 Å². The topological polar surface area (TPSA) is 38.3 Å². The molecule has 5 heteroatoms. The monoisotopic (exact) mass is 309 g/mol. The van der Waals surface area contributed by atoms with Crippen molar-refractivity contribution in [2.24, 2.45) is 0 Å². The fourth-order valence-corrected chi connectivity index (χ4v) is 2.09. The average Bonchev–Trinajstić information content (AvgIpc) is 2.75. The minimum absolute atomic E-state index is 0.0683. The summed E-state index contributed by atoms with van der Waals surface area (Å²) >= 11 is 12.1. The van der Waals surface area contributed by atoms with Gasteiger partial charge in [0.15, 0.2) is 10.1 Å². The molecule has 1 heterocycles. The molecule has 20 heavy (non-hydrogen) atoms. The van der Waals surface area contributed by atoms with Crippen LogP contribution in [0.1, 0.15) is 17.5 Å². The summed E-state index contributed by atoms with van der Waals surface area (Å²) in [6.45, 7) is 1.99. The molecule has 1 atom stereocenters. The molecule has 0 bridgehead atoms. The van der Waals surface area contributed by atoms with Gasteiger partial charge >= 0.3 is 0 Å². The lowest BCUT2D eigenvalue weighted by atomic mass is 10.1. The van der Waals surface area contributed by atoms with Gasteiger partial charge in [-0.3, -0.25) is 4.79 Å². The van der Waals surface area contributed by atoms with Crippen molar-refractivity contribution in [2.75, 3.05) is 0 Å². The highest BCUT2D eigenvalue weighted by Gasteiger charge is 2.43. The fraction of sp³-hybridized carbons (Fsp3) is 0.267. The fourth-order valence-electron chi connectivity index (χ4n) is 1.73. The molecule has 1 unspecified atom stereocenters. The summed E-state index contributed by atoms with van der Waals surface area (Å²) in [4.78, 5) is 11.8. The molecule has 1 aliphatic rings. The Hall–Kier alpha value is -1.63. The van der Waals surface area contributed by atoms with Crippen LogP contribution in [0.3, 0.4) is 0 Å². The van der Waals surface area contributed by atoms with Gasteiger partial charge in [-0.25, -0.2) is 0 Å². The second-order valence-electron chi connectivity index (χ2n) is 4.53. The van der Waals surface area contributed by atoms with Gasteiger partial charge in [0, 0.05) is 6.42 Å². The van der Waals surface area contributed by atoms with Crippen LogP contribution in [0.5, 0.6) is 0 Å². The van der Waals surface area contributed by atoms with Crippen molar-refractivity contribution in [3.8, 4) is 12.3 Å². The van der Waals surface area contributed by atoms with Crippen LogP contribution in [0, 0.1) is 19.3 Å². The molecule has 1 N–H and O–H groups in total. The van der Waals surface area contributed by atoms with E-state index in [1.54, 1.807) is 6.08 Å². The minimum atomic E-state index is -1.35. The van der Waals surface area contributed by atoms with Crippen molar-refractivity contribution in [2.45, 2.75) is 23.9 Å². The summed E-state index contributed by atoms with van der Waals surface area (Å²) in [6.07, 6.45) is 6.03. The van der Waals surface area contributed by atoms with Gasteiger partial charge in [-0.05, 0) is 18.6 Å². The number of carbonyl (C=O) groups excluding carboxylic acids is 1. The van der Waals surface area contributed by atoms with E-state index < -0.39 is 10.6 Å². The van der Waals surface area contributed by atoms with Crippen LogP contribution in [0.2, 0.25) is 0 Å². The van der Waals surface area contributed by atoms with Crippen molar-refractivity contribution in [1.29, 1.82) is 0 Å². The zero-order valence-corrected chi connectivity index (χ0v) is 12.3. The number of hydrogen-bond acceptors (Lipinski definition) is 2. The number of halogens is 2. The lowest BCUT2D eigenvalue weighted by Gasteiger charge is -2.22. The molecule has 3 nitrogen and oxygen atoms in total. The first kappa shape index (κ1) is 14.8. The third-order valence-corrected chi connectivity index (χ3v) is 3.49. The molecule has 0 saturated carbocycles. The first-order valence-electron chi connectivity index (χ1n) is 5.99. The van der Waals surface area contributed by atoms with Gasteiger partial charge in [0.05, 0.1) is 0 Å². The number of terminal acetylenes is 1. The molecule has 1 aromatic rings. The highest BCUT2D eigenvalue weighted by Crippen LogP contribution is 2.34. The molecule has 104 valence electrons. The maximum absolute atomic E-state index is 11.8. The van der Waals surface area contributed by atoms with Gasteiger partial charge in [0.25, 0.3) is 5.91 Å². The summed E-state index contributed by atoms with van der Waals surface area (Å²) in [5, 5.41) is 2.57. The largest absolute Gasteiger partial charge is 0.462 e. The Labute approximate surface area is 127 Å². The van der Waals surface area contributed by atoms with E-state index in [1.165, 1.54) is 0 Å². The number of carbonyl (C=O) groups is 1. The molecule has 0 aliphatic carbocycles. The Balaban J connectivity index is 2.17. The number of hydrogen-bond donors (Lipinski definition) is 1. The summed E-state index contributed by atoms with van der Waals surface area (Å²) in [5.41, 5.74) is 1.99. The second-order valence-corrected chi connectivity index (χ2v) is 6.07. The van der Waals surface area contributed by atoms with Crippen molar-refractivity contribution < 1.29 is 9.53 Å². The number of benzene rings is 1. The Morgan fingerprint density at radius 1 is 1.45 bits per heavy atom. The Bertz CT molecular complexity index is 585. The molecule has 1 aliphatic heterocycles. The molecule has 0 aromatic heterocycles. The molecule has 1 fully saturated rings. The Morgan fingerprint density at radius 2 is 2.10 bits per heavy atom. The highest BCUT2D eigenvalue weighted by atomic mass is 35.5. The first-order chi connectivity index (χ1) is 9.42. The summed E-state index contributed by atoms with van der Waals surface area (Å²) < 4.78 is 4.11. The van der Waals surface area contributed by atoms with E-state index in [2.05, 4.69) is 11.2 Å². The normalized spacial score (nSPS) is 20.4. The maximum atomic E-state index is 11.8. The zero-order valence-electron chi connectivity index (χ0n) is 10.8. The van der Waals surface area contributed by atoms with E-state index in [-0.39, 0.29) is 18.1 Å². The van der Waals surface area contributed by atoms with Crippen molar-refractivity contribution in [3.05, 3.63) is 41.2 Å².